The third kappa shape index (κ3) is 5.87. The minimum Gasteiger partial charge on any atom is -0.376 e. The molecule has 0 aliphatic carbocycles. The quantitative estimate of drug-likeness (QED) is 0.726. The van der Waals surface area contributed by atoms with Crippen LogP contribution < -0.4 is 15.5 Å². The van der Waals surface area contributed by atoms with Crippen molar-refractivity contribution in [2.45, 2.75) is 19.8 Å². The van der Waals surface area contributed by atoms with Crippen molar-refractivity contribution in [3.63, 3.8) is 0 Å². The van der Waals surface area contributed by atoms with Gasteiger partial charge in [0.05, 0.1) is 11.9 Å². The first-order chi connectivity index (χ1) is 11.5. The summed E-state index contributed by atoms with van der Waals surface area (Å²) in [4.78, 5) is 13.8. The third-order valence-corrected chi connectivity index (χ3v) is 3.63. The van der Waals surface area contributed by atoms with E-state index in [2.05, 4.69) is 46.0 Å². The van der Waals surface area contributed by atoms with Crippen LogP contribution in [0.25, 0.3) is 0 Å². The fourth-order valence-corrected chi connectivity index (χ4v) is 2.29. The second kappa shape index (κ2) is 8.86. The number of amides is 1. The van der Waals surface area contributed by atoms with Crippen LogP contribution in [0.1, 0.15) is 17.5 Å². The average Bonchev–Trinajstić information content (AvgIpc) is 2.57. The highest BCUT2D eigenvalue weighted by Crippen LogP contribution is 2.12. The Labute approximate surface area is 143 Å². The summed E-state index contributed by atoms with van der Waals surface area (Å²) in [6.45, 7) is 3.23. The van der Waals surface area contributed by atoms with E-state index >= 15 is 0 Å². The van der Waals surface area contributed by atoms with Gasteiger partial charge in [0.2, 0.25) is 5.91 Å². The lowest BCUT2D eigenvalue weighted by molar-refractivity contribution is -0.120. The summed E-state index contributed by atoms with van der Waals surface area (Å²) in [5.74, 6) is 0.765. The maximum atomic E-state index is 11.9. The van der Waals surface area contributed by atoms with Gasteiger partial charge in [-0.05, 0) is 18.9 Å². The molecule has 0 saturated heterocycles. The first-order valence-electron chi connectivity index (χ1n) is 8.11. The summed E-state index contributed by atoms with van der Waals surface area (Å²) in [5.41, 5.74) is 3.40. The zero-order valence-electron chi connectivity index (χ0n) is 14.5. The number of nitrogens with one attached hydrogen (secondary N) is 2. The van der Waals surface area contributed by atoms with E-state index < -0.39 is 0 Å². The van der Waals surface area contributed by atoms with Crippen molar-refractivity contribution in [3.05, 3.63) is 47.7 Å². The number of hydrogen-bond acceptors (Lipinski definition) is 5. The normalized spacial score (nSPS) is 10.3. The molecule has 1 aromatic carbocycles. The Morgan fingerprint density at radius 2 is 2.04 bits per heavy atom. The minimum atomic E-state index is 0.0615. The van der Waals surface area contributed by atoms with Gasteiger partial charge in [-0.1, -0.05) is 29.8 Å². The number of carbonyl (C=O) groups excluding carboxylic acids is 1. The molecular weight excluding hydrogens is 302 g/mol. The molecule has 0 fully saturated rings. The van der Waals surface area contributed by atoms with Crippen LogP contribution in [0.4, 0.5) is 11.5 Å². The van der Waals surface area contributed by atoms with Gasteiger partial charge in [-0.3, -0.25) is 4.79 Å². The van der Waals surface area contributed by atoms with E-state index in [0.29, 0.717) is 25.3 Å². The Morgan fingerprint density at radius 1 is 1.21 bits per heavy atom. The van der Waals surface area contributed by atoms with Crippen LogP contribution in [-0.2, 0) is 11.2 Å². The van der Waals surface area contributed by atoms with Crippen LogP contribution in [0.3, 0.4) is 0 Å². The molecule has 0 aliphatic rings. The second-order valence-electron chi connectivity index (χ2n) is 5.96. The van der Waals surface area contributed by atoms with Crippen molar-refractivity contribution in [2.24, 2.45) is 0 Å². The van der Waals surface area contributed by atoms with Crippen molar-refractivity contribution in [3.8, 4) is 0 Å². The Hall–Kier alpha value is -2.63. The zero-order valence-corrected chi connectivity index (χ0v) is 14.5. The third-order valence-electron chi connectivity index (χ3n) is 3.63. The zero-order chi connectivity index (χ0) is 17.4. The van der Waals surface area contributed by atoms with E-state index in [9.17, 15) is 4.79 Å². The van der Waals surface area contributed by atoms with Gasteiger partial charge in [-0.15, -0.1) is 5.10 Å². The molecular formula is C18H25N5O. The van der Waals surface area contributed by atoms with Gasteiger partial charge in [0.25, 0.3) is 0 Å². The van der Waals surface area contributed by atoms with Crippen LogP contribution in [0.15, 0.2) is 36.5 Å². The standard InChI is InChI=1S/C18H25N5O/c1-14-5-4-6-15(11-14)7-8-18(24)20-10-9-19-17-12-16(23(2)3)13-21-22-17/h4-6,11-13H,7-10H2,1-3H3,(H,19,22)(H,20,24). The number of nitrogens with zero attached hydrogens (tertiary/aromatic N) is 3. The molecule has 0 spiro atoms. The van der Waals surface area contributed by atoms with Crippen molar-refractivity contribution >= 4 is 17.4 Å². The van der Waals surface area contributed by atoms with E-state index in [4.69, 9.17) is 0 Å². The Bertz CT molecular complexity index is 672. The van der Waals surface area contributed by atoms with E-state index in [0.717, 1.165) is 12.1 Å². The van der Waals surface area contributed by atoms with Gasteiger partial charge < -0.3 is 15.5 Å². The Kier molecular flexibility index (Phi) is 6.54. The maximum Gasteiger partial charge on any atom is 0.220 e. The molecule has 0 radical (unpaired) electrons. The molecule has 6 nitrogen and oxygen atoms in total. The molecule has 2 N–H and O–H groups in total. The molecule has 1 aromatic heterocycles. The molecule has 24 heavy (non-hydrogen) atoms. The van der Waals surface area contributed by atoms with Crippen LogP contribution in [0.5, 0.6) is 0 Å². The Balaban J connectivity index is 1.66. The molecule has 1 heterocycles. The predicted octanol–water partition coefficient (Wildman–Crippen LogP) is 2.01. The highest BCUT2D eigenvalue weighted by molar-refractivity contribution is 5.76. The molecule has 2 aromatic rings. The van der Waals surface area contributed by atoms with Crippen molar-refractivity contribution in [1.29, 1.82) is 0 Å². The van der Waals surface area contributed by atoms with Crippen molar-refractivity contribution in [2.75, 3.05) is 37.4 Å². The van der Waals surface area contributed by atoms with Gasteiger partial charge >= 0.3 is 0 Å². The summed E-state index contributed by atoms with van der Waals surface area (Å²) in [7, 11) is 3.91. The lowest BCUT2D eigenvalue weighted by Crippen LogP contribution is -2.29. The van der Waals surface area contributed by atoms with Gasteiger partial charge in [0.15, 0.2) is 5.82 Å². The largest absolute Gasteiger partial charge is 0.376 e. The number of hydrogen-bond donors (Lipinski definition) is 2. The summed E-state index contributed by atoms with van der Waals surface area (Å²) >= 11 is 0. The van der Waals surface area contributed by atoms with Crippen LogP contribution in [0, 0.1) is 6.92 Å². The van der Waals surface area contributed by atoms with Gasteiger partial charge in [0.1, 0.15) is 0 Å². The lowest BCUT2D eigenvalue weighted by atomic mass is 10.1. The first-order valence-corrected chi connectivity index (χ1v) is 8.11. The van der Waals surface area contributed by atoms with Gasteiger partial charge in [-0.2, -0.15) is 5.10 Å². The number of benzene rings is 1. The first kappa shape index (κ1) is 17.7. The fraction of sp³-hybridized carbons (Fsp3) is 0.389. The van der Waals surface area contributed by atoms with Crippen LogP contribution in [-0.4, -0.2) is 43.3 Å². The SMILES string of the molecule is Cc1cccc(CCC(=O)NCCNc2cc(N(C)C)cnn2)c1. The van der Waals surface area contributed by atoms with E-state index in [1.807, 2.05) is 31.1 Å². The number of anilines is 2. The topological polar surface area (TPSA) is 70.2 Å². The molecule has 1 amide bonds. The minimum absolute atomic E-state index is 0.0615. The number of aromatic nitrogens is 2. The molecule has 0 aliphatic heterocycles. The van der Waals surface area contributed by atoms with Crippen molar-refractivity contribution < 1.29 is 4.79 Å². The summed E-state index contributed by atoms with van der Waals surface area (Å²) < 4.78 is 0. The molecule has 2 rings (SSSR count). The van der Waals surface area contributed by atoms with Crippen molar-refractivity contribution in [1.82, 2.24) is 15.5 Å². The van der Waals surface area contributed by atoms with E-state index in [1.165, 1.54) is 11.1 Å². The number of rotatable bonds is 8. The number of carbonyl (C=O) groups is 1. The van der Waals surface area contributed by atoms with Gasteiger partial charge in [-0.25, -0.2) is 0 Å². The smallest absolute Gasteiger partial charge is 0.220 e. The van der Waals surface area contributed by atoms with Gasteiger partial charge in [0, 0.05) is 39.7 Å². The summed E-state index contributed by atoms with van der Waals surface area (Å²) in [5, 5.41) is 14.0. The average molecular weight is 327 g/mol. The lowest BCUT2D eigenvalue weighted by Gasteiger charge is -2.13. The van der Waals surface area contributed by atoms with Crippen LogP contribution >= 0.6 is 0 Å². The molecule has 0 saturated carbocycles. The predicted molar refractivity (Wildman–Crippen MR) is 97.4 cm³/mol. The number of aryl methyl sites for hydroxylation is 2. The van der Waals surface area contributed by atoms with Crippen LogP contribution in [0.2, 0.25) is 0 Å². The summed E-state index contributed by atoms with van der Waals surface area (Å²) in [6.07, 6.45) is 2.97. The molecule has 128 valence electrons. The van der Waals surface area contributed by atoms with E-state index in [-0.39, 0.29) is 5.91 Å². The monoisotopic (exact) mass is 327 g/mol. The fourth-order valence-electron chi connectivity index (χ4n) is 2.29. The molecule has 0 atom stereocenters. The van der Waals surface area contributed by atoms with E-state index in [1.54, 1.807) is 6.20 Å². The summed E-state index contributed by atoms with van der Waals surface area (Å²) in [6, 6.07) is 10.2. The molecule has 0 bridgehead atoms. The Morgan fingerprint density at radius 3 is 2.79 bits per heavy atom. The molecule has 6 heteroatoms. The second-order valence-corrected chi connectivity index (χ2v) is 5.96. The maximum absolute atomic E-state index is 11.9. The highest BCUT2D eigenvalue weighted by Gasteiger charge is 2.03. The molecule has 0 unspecified atom stereocenters. The highest BCUT2D eigenvalue weighted by atomic mass is 16.1.